The van der Waals surface area contributed by atoms with Gasteiger partial charge in [-0.05, 0) is 84.7 Å². The van der Waals surface area contributed by atoms with Crippen LogP contribution in [0.1, 0.15) is 62.5 Å². The Labute approximate surface area is 314 Å². The molecule has 0 aliphatic heterocycles. The number of nitrogens with zero attached hydrogens (tertiary/aromatic N) is 2. The SMILES string of the molecule is NC(N)=NCCCCCC(=O)[C@H](Cc1ccc(-c2ccccc2)cc1)NC(=O)[C@H](CCCN=C(N)N)CC[C@@H](N)Cc1ccc(-c2ccccc2)cc1. The Kier molecular flexibility index (Phi) is 16.6. The van der Waals surface area contributed by atoms with E-state index in [-0.39, 0.29) is 35.6 Å². The highest BCUT2D eigenvalue weighted by atomic mass is 16.2. The van der Waals surface area contributed by atoms with E-state index in [9.17, 15) is 9.59 Å². The summed E-state index contributed by atoms with van der Waals surface area (Å²) in [5.41, 5.74) is 35.3. The maximum atomic E-state index is 14.0. The summed E-state index contributed by atoms with van der Waals surface area (Å²) in [5, 5.41) is 3.15. The molecule has 4 aromatic rings. The van der Waals surface area contributed by atoms with Crippen LogP contribution in [0.4, 0.5) is 0 Å². The Morgan fingerprint density at radius 1 is 0.547 bits per heavy atom. The Morgan fingerprint density at radius 3 is 1.57 bits per heavy atom. The molecule has 4 aromatic carbocycles. The molecule has 3 atom stereocenters. The van der Waals surface area contributed by atoms with Gasteiger partial charge in [-0.25, -0.2) is 0 Å². The van der Waals surface area contributed by atoms with Crippen LogP contribution in [0.2, 0.25) is 0 Å². The first-order valence-corrected chi connectivity index (χ1v) is 18.7. The third kappa shape index (κ3) is 14.6. The van der Waals surface area contributed by atoms with Crippen LogP contribution in [0, 0.1) is 5.92 Å². The summed E-state index contributed by atoms with van der Waals surface area (Å²) in [5.74, 6) is -0.420. The number of rotatable bonds is 22. The van der Waals surface area contributed by atoms with Gasteiger partial charge in [0, 0.05) is 31.5 Å². The van der Waals surface area contributed by atoms with Gasteiger partial charge < -0.3 is 34.0 Å². The molecule has 0 aliphatic carbocycles. The second-order valence-corrected chi connectivity index (χ2v) is 13.7. The third-order valence-corrected chi connectivity index (χ3v) is 9.40. The minimum atomic E-state index is -0.667. The first-order valence-electron chi connectivity index (χ1n) is 18.7. The zero-order valence-electron chi connectivity index (χ0n) is 30.7. The van der Waals surface area contributed by atoms with E-state index in [1.807, 2.05) is 48.5 Å². The molecule has 0 aliphatic rings. The van der Waals surface area contributed by atoms with Crippen LogP contribution in [0.25, 0.3) is 22.3 Å². The van der Waals surface area contributed by atoms with E-state index >= 15 is 0 Å². The molecular formula is C43H56N8O2. The van der Waals surface area contributed by atoms with E-state index < -0.39 is 6.04 Å². The highest BCUT2D eigenvalue weighted by Gasteiger charge is 2.26. The molecule has 10 nitrogen and oxygen atoms in total. The molecule has 0 bridgehead atoms. The third-order valence-electron chi connectivity index (χ3n) is 9.40. The summed E-state index contributed by atoms with van der Waals surface area (Å²) >= 11 is 0. The first kappa shape index (κ1) is 40.3. The zero-order chi connectivity index (χ0) is 37.8. The summed E-state index contributed by atoms with van der Waals surface area (Å²) in [6, 6.07) is 36.2. The number of carbonyl (C=O) groups is 2. The number of unbranched alkanes of at least 4 members (excludes halogenated alkanes) is 2. The Balaban J connectivity index is 1.42. The Bertz CT molecular complexity index is 1740. The number of amides is 1. The van der Waals surface area contributed by atoms with Crippen molar-refractivity contribution in [1.82, 2.24) is 5.32 Å². The lowest BCUT2D eigenvalue weighted by atomic mass is 9.91. The molecule has 280 valence electrons. The van der Waals surface area contributed by atoms with Crippen molar-refractivity contribution in [2.75, 3.05) is 13.1 Å². The van der Waals surface area contributed by atoms with E-state index in [0.29, 0.717) is 64.5 Å². The topological polar surface area (TPSA) is 201 Å². The molecule has 0 heterocycles. The molecule has 53 heavy (non-hydrogen) atoms. The van der Waals surface area contributed by atoms with E-state index in [1.54, 1.807) is 0 Å². The number of aliphatic imine (C=N–C) groups is 2. The maximum absolute atomic E-state index is 14.0. The molecule has 10 heteroatoms. The van der Waals surface area contributed by atoms with Crippen LogP contribution in [0.3, 0.4) is 0 Å². The van der Waals surface area contributed by atoms with Crippen molar-refractivity contribution >= 4 is 23.6 Å². The highest BCUT2D eigenvalue weighted by molar-refractivity contribution is 5.90. The predicted octanol–water partition coefficient (Wildman–Crippen LogP) is 5.47. The van der Waals surface area contributed by atoms with Crippen molar-refractivity contribution < 1.29 is 9.59 Å². The summed E-state index contributed by atoms with van der Waals surface area (Å²) in [7, 11) is 0. The van der Waals surface area contributed by atoms with Crippen LogP contribution >= 0.6 is 0 Å². The molecule has 0 unspecified atom stereocenters. The van der Waals surface area contributed by atoms with Gasteiger partial charge in [0.05, 0.1) is 6.04 Å². The van der Waals surface area contributed by atoms with Gasteiger partial charge in [0.15, 0.2) is 17.7 Å². The van der Waals surface area contributed by atoms with E-state index in [4.69, 9.17) is 28.7 Å². The molecule has 0 saturated carbocycles. The number of guanidine groups is 2. The van der Waals surface area contributed by atoms with Crippen LogP contribution in [-0.2, 0) is 22.4 Å². The molecule has 0 fully saturated rings. The second-order valence-electron chi connectivity index (χ2n) is 13.7. The lowest BCUT2D eigenvalue weighted by molar-refractivity contribution is -0.130. The minimum absolute atomic E-state index is 0.00207. The number of nitrogens with two attached hydrogens (primary N) is 5. The van der Waals surface area contributed by atoms with E-state index in [1.165, 1.54) is 5.56 Å². The van der Waals surface area contributed by atoms with Crippen LogP contribution in [-0.4, -0.2) is 48.8 Å². The normalized spacial score (nSPS) is 12.6. The number of carbonyl (C=O) groups excluding carboxylic acids is 2. The highest BCUT2D eigenvalue weighted by Crippen LogP contribution is 2.23. The standard InChI is InChI=1S/C43H56N8O2/c44-38(29-31-17-21-35(22-18-31)33-11-4-1-5-12-33)26-25-37(15-10-28-50-43(47)48)41(53)51-39(40(52)16-8-3-9-27-49-42(45)46)30-32-19-23-36(24-20-32)34-13-6-2-7-14-34/h1-2,4-7,11-14,17-24,37-39H,3,8-10,15-16,25-30,44H2,(H,51,53)(H4,45,46,49)(H4,47,48,50)/t37-,38-,39+/m1/s1. The van der Waals surface area contributed by atoms with Crippen molar-refractivity contribution in [2.24, 2.45) is 44.6 Å². The summed E-state index contributed by atoms with van der Waals surface area (Å²) < 4.78 is 0. The van der Waals surface area contributed by atoms with Gasteiger partial charge in [-0.2, -0.15) is 0 Å². The quantitative estimate of drug-likeness (QED) is 0.0352. The van der Waals surface area contributed by atoms with Gasteiger partial charge in [0.2, 0.25) is 5.91 Å². The smallest absolute Gasteiger partial charge is 0.223 e. The van der Waals surface area contributed by atoms with Gasteiger partial charge in [-0.1, -0.05) is 116 Å². The van der Waals surface area contributed by atoms with Crippen LogP contribution in [0.15, 0.2) is 119 Å². The predicted molar refractivity (Wildman–Crippen MR) is 218 cm³/mol. The second kappa shape index (κ2) is 21.8. The number of hydrogen-bond acceptors (Lipinski definition) is 5. The average molecular weight is 717 g/mol. The monoisotopic (exact) mass is 716 g/mol. The van der Waals surface area contributed by atoms with Gasteiger partial charge in [0.25, 0.3) is 0 Å². The number of Topliss-reactive ketones (excluding diaryl/α,β-unsaturated/α-hetero) is 1. The van der Waals surface area contributed by atoms with Gasteiger partial charge in [0.1, 0.15) is 0 Å². The lowest BCUT2D eigenvalue weighted by Crippen LogP contribution is -2.45. The molecule has 4 rings (SSSR count). The molecule has 0 spiro atoms. The largest absolute Gasteiger partial charge is 0.370 e. The fraction of sp³-hybridized carbons (Fsp3) is 0.349. The number of nitrogens with one attached hydrogen (secondary N) is 1. The minimum Gasteiger partial charge on any atom is -0.370 e. The number of benzene rings is 4. The molecule has 0 radical (unpaired) electrons. The molecular weight excluding hydrogens is 661 g/mol. The van der Waals surface area contributed by atoms with E-state index in [0.717, 1.165) is 40.7 Å². The molecule has 0 aromatic heterocycles. The van der Waals surface area contributed by atoms with Crippen LogP contribution in [0.5, 0.6) is 0 Å². The van der Waals surface area contributed by atoms with E-state index in [2.05, 4.69) is 76.0 Å². The zero-order valence-corrected chi connectivity index (χ0v) is 30.7. The molecule has 11 N–H and O–H groups in total. The van der Waals surface area contributed by atoms with Gasteiger partial charge in [-0.15, -0.1) is 0 Å². The fourth-order valence-electron chi connectivity index (χ4n) is 6.44. The summed E-state index contributed by atoms with van der Waals surface area (Å²) in [4.78, 5) is 35.9. The maximum Gasteiger partial charge on any atom is 0.223 e. The first-order chi connectivity index (χ1) is 25.7. The Hall–Kier alpha value is -5.48. The summed E-state index contributed by atoms with van der Waals surface area (Å²) in [6.45, 7) is 0.940. The van der Waals surface area contributed by atoms with Gasteiger partial charge in [-0.3, -0.25) is 19.6 Å². The van der Waals surface area contributed by atoms with Crippen molar-refractivity contribution in [2.45, 2.75) is 76.3 Å². The number of hydrogen-bond donors (Lipinski definition) is 6. The fourth-order valence-corrected chi connectivity index (χ4v) is 6.44. The van der Waals surface area contributed by atoms with Crippen LogP contribution < -0.4 is 34.0 Å². The number of ketones is 1. The summed E-state index contributed by atoms with van der Waals surface area (Å²) in [6.07, 6.45) is 6.12. The van der Waals surface area contributed by atoms with Crippen molar-refractivity contribution in [3.05, 3.63) is 120 Å². The van der Waals surface area contributed by atoms with Gasteiger partial charge >= 0.3 is 0 Å². The average Bonchev–Trinajstić information content (AvgIpc) is 3.16. The van der Waals surface area contributed by atoms with Crippen molar-refractivity contribution in [1.29, 1.82) is 0 Å². The lowest BCUT2D eigenvalue weighted by Gasteiger charge is -2.23. The Morgan fingerprint density at radius 2 is 1.04 bits per heavy atom. The van der Waals surface area contributed by atoms with Crippen molar-refractivity contribution in [3.63, 3.8) is 0 Å². The molecule has 0 saturated heterocycles. The molecule has 1 amide bonds. The van der Waals surface area contributed by atoms with Crippen molar-refractivity contribution in [3.8, 4) is 22.3 Å².